The van der Waals surface area contributed by atoms with Gasteiger partial charge in [0.2, 0.25) is 0 Å². The summed E-state index contributed by atoms with van der Waals surface area (Å²) in [5, 5.41) is 7.85. The average Bonchev–Trinajstić information content (AvgIpc) is 1.65. The lowest BCUT2D eigenvalue weighted by Crippen LogP contribution is -2.11. The van der Waals surface area contributed by atoms with Crippen LogP contribution in [0.25, 0.3) is 0 Å². The maximum Gasteiger partial charge on any atom is 0.258 e. The van der Waals surface area contributed by atoms with Gasteiger partial charge in [-0.25, -0.2) is 0 Å². The summed E-state index contributed by atoms with van der Waals surface area (Å²) in [6.07, 6.45) is 0. The normalized spacial score (nSPS) is 6.71. The molecule has 36 valence electrons. The summed E-state index contributed by atoms with van der Waals surface area (Å²) in [5.41, 5.74) is 4.38. The number of nitrogens with two attached hydrogens (primary N) is 1. The van der Waals surface area contributed by atoms with Gasteiger partial charge in [0.1, 0.15) is 11.6 Å². The van der Waals surface area contributed by atoms with E-state index >= 15 is 0 Å². The van der Waals surface area contributed by atoms with E-state index in [9.17, 15) is 4.79 Å². The lowest BCUT2D eigenvalue weighted by atomic mass is 10.3. The van der Waals surface area contributed by atoms with Gasteiger partial charge in [0, 0.05) is 0 Å². The molecule has 0 aliphatic rings. The molecule has 0 spiro atoms. The summed E-state index contributed by atoms with van der Waals surface area (Å²) in [7, 11) is 0. The zero-order chi connectivity index (χ0) is 5.86. The second-order valence-corrected chi connectivity index (χ2v) is 0.955. The van der Waals surface area contributed by atoms with Crippen LogP contribution in [0, 0.1) is 11.3 Å². The molecule has 0 saturated heterocycles. The van der Waals surface area contributed by atoms with Crippen molar-refractivity contribution in [3.8, 4) is 6.07 Å². The molecule has 7 heavy (non-hydrogen) atoms. The molecule has 0 aromatic rings. The molecular formula is C4H4N2O. The molecule has 0 saturated carbocycles. The van der Waals surface area contributed by atoms with Gasteiger partial charge in [-0.05, 0) is 0 Å². The quantitative estimate of drug-likeness (QED) is 0.355. The minimum absolute atomic E-state index is 0.208. The number of primary amides is 1. The van der Waals surface area contributed by atoms with Crippen molar-refractivity contribution >= 4 is 5.91 Å². The van der Waals surface area contributed by atoms with E-state index in [1.807, 2.05) is 0 Å². The number of carbonyl (C=O) groups excluding carboxylic acids is 1. The molecule has 0 bridgehead atoms. The smallest absolute Gasteiger partial charge is 0.258 e. The second-order valence-electron chi connectivity index (χ2n) is 0.955. The minimum Gasteiger partial charge on any atom is -0.365 e. The Kier molecular flexibility index (Phi) is 1.61. The van der Waals surface area contributed by atoms with Gasteiger partial charge in [0.05, 0.1) is 0 Å². The highest BCUT2D eigenvalue weighted by Gasteiger charge is 1.94. The standard InChI is InChI=1S/C4H4N2O/c1-3(2-5)4(6)7/h1H2,(H2,6,7). The molecular weight excluding hydrogens is 92.1 g/mol. The maximum atomic E-state index is 9.83. The molecule has 0 aliphatic heterocycles. The fourth-order valence-electron chi connectivity index (χ4n) is 0.0551. The third kappa shape index (κ3) is 1.55. The molecule has 0 aromatic carbocycles. The van der Waals surface area contributed by atoms with Crippen LogP contribution in [-0.2, 0) is 4.79 Å². The van der Waals surface area contributed by atoms with E-state index in [2.05, 4.69) is 12.3 Å². The van der Waals surface area contributed by atoms with Crippen molar-refractivity contribution in [1.29, 1.82) is 5.26 Å². The first-order valence-electron chi connectivity index (χ1n) is 1.57. The third-order valence-electron chi connectivity index (χ3n) is 0.432. The first kappa shape index (κ1) is 5.70. The lowest BCUT2D eigenvalue weighted by Gasteiger charge is -1.78. The number of hydrogen-bond acceptors (Lipinski definition) is 2. The molecule has 0 heterocycles. The van der Waals surface area contributed by atoms with Crippen LogP contribution in [0.3, 0.4) is 0 Å². The SMILES string of the molecule is C=C(C#N)C(N)=O. The van der Waals surface area contributed by atoms with E-state index in [4.69, 9.17) is 5.26 Å². The monoisotopic (exact) mass is 96.0 g/mol. The predicted octanol–water partition coefficient (Wildman–Crippen LogP) is -0.449. The molecule has 0 fully saturated rings. The van der Waals surface area contributed by atoms with Gasteiger partial charge < -0.3 is 5.73 Å². The van der Waals surface area contributed by atoms with Gasteiger partial charge >= 0.3 is 0 Å². The number of amides is 1. The number of rotatable bonds is 1. The van der Waals surface area contributed by atoms with Crippen molar-refractivity contribution in [2.24, 2.45) is 5.73 Å². The van der Waals surface area contributed by atoms with E-state index in [-0.39, 0.29) is 5.57 Å². The van der Waals surface area contributed by atoms with Gasteiger partial charge in [0.25, 0.3) is 5.91 Å². The topological polar surface area (TPSA) is 66.9 Å². The zero-order valence-corrected chi connectivity index (χ0v) is 3.64. The van der Waals surface area contributed by atoms with E-state index in [1.165, 1.54) is 6.07 Å². The Morgan fingerprint density at radius 3 is 2.29 bits per heavy atom. The van der Waals surface area contributed by atoms with Gasteiger partial charge in [-0.1, -0.05) is 6.58 Å². The highest BCUT2D eigenvalue weighted by molar-refractivity contribution is 5.95. The summed E-state index contributed by atoms with van der Waals surface area (Å²) in [6.45, 7) is 3.04. The Labute approximate surface area is 41.0 Å². The third-order valence-corrected chi connectivity index (χ3v) is 0.432. The largest absolute Gasteiger partial charge is 0.365 e. The first-order valence-corrected chi connectivity index (χ1v) is 1.57. The fourth-order valence-corrected chi connectivity index (χ4v) is 0.0551. The van der Waals surface area contributed by atoms with Crippen molar-refractivity contribution in [2.75, 3.05) is 0 Å². The Balaban J connectivity index is 3.90. The molecule has 1 amide bonds. The molecule has 2 N–H and O–H groups in total. The van der Waals surface area contributed by atoms with Crippen LogP contribution in [0.15, 0.2) is 12.2 Å². The Bertz CT molecular complexity index is 142. The summed E-state index contributed by atoms with van der Waals surface area (Å²) in [4.78, 5) is 9.83. The lowest BCUT2D eigenvalue weighted by molar-refractivity contribution is -0.114. The Hall–Kier alpha value is -1.30. The summed E-state index contributed by atoms with van der Waals surface area (Å²) in [5.74, 6) is -0.762. The average molecular weight is 96.1 g/mol. The number of nitrogens with zero attached hydrogens (tertiary/aromatic N) is 1. The molecule has 0 rings (SSSR count). The van der Waals surface area contributed by atoms with Crippen molar-refractivity contribution in [3.05, 3.63) is 12.2 Å². The van der Waals surface area contributed by atoms with Gasteiger partial charge in [-0.15, -0.1) is 0 Å². The molecule has 0 aromatic heterocycles. The van der Waals surface area contributed by atoms with E-state index in [0.29, 0.717) is 0 Å². The number of nitriles is 1. The number of hydrogen-bond donors (Lipinski definition) is 1. The van der Waals surface area contributed by atoms with Gasteiger partial charge in [-0.2, -0.15) is 5.26 Å². The summed E-state index contributed by atoms with van der Waals surface area (Å²) in [6, 6.07) is 1.50. The van der Waals surface area contributed by atoms with Crippen LogP contribution in [0.5, 0.6) is 0 Å². The van der Waals surface area contributed by atoms with Crippen molar-refractivity contribution < 1.29 is 4.79 Å². The Morgan fingerprint density at radius 2 is 2.29 bits per heavy atom. The molecule has 0 atom stereocenters. The van der Waals surface area contributed by atoms with E-state index in [1.54, 1.807) is 0 Å². The van der Waals surface area contributed by atoms with Crippen molar-refractivity contribution in [2.45, 2.75) is 0 Å². The minimum atomic E-state index is -0.762. The Morgan fingerprint density at radius 1 is 1.86 bits per heavy atom. The van der Waals surface area contributed by atoms with Crippen molar-refractivity contribution in [1.82, 2.24) is 0 Å². The summed E-state index contributed by atoms with van der Waals surface area (Å²) >= 11 is 0. The second kappa shape index (κ2) is 1.98. The van der Waals surface area contributed by atoms with Crippen LogP contribution >= 0.6 is 0 Å². The molecule has 0 radical (unpaired) electrons. The van der Waals surface area contributed by atoms with E-state index < -0.39 is 5.91 Å². The van der Waals surface area contributed by atoms with Gasteiger partial charge in [-0.3, -0.25) is 4.79 Å². The van der Waals surface area contributed by atoms with Crippen LogP contribution < -0.4 is 5.73 Å². The highest BCUT2D eigenvalue weighted by Crippen LogP contribution is 1.78. The number of carbonyl (C=O) groups is 1. The van der Waals surface area contributed by atoms with Crippen LogP contribution in [0.1, 0.15) is 0 Å². The molecule has 3 nitrogen and oxygen atoms in total. The summed E-state index contributed by atoms with van der Waals surface area (Å²) < 4.78 is 0. The van der Waals surface area contributed by atoms with Crippen LogP contribution in [0.2, 0.25) is 0 Å². The predicted molar refractivity (Wildman–Crippen MR) is 23.9 cm³/mol. The first-order chi connectivity index (χ1) is 3.18. The maximum absolute atomic E-state index is 9.83. The molecule has 3 heteroatoms. The molecule has 0 aliphatic carbocycles. The van der Waals surface area contributed by atoms with E-state index in [0.717, 1.165) is 0 Å². The van der Waals surface area contributed by atoms with Crippen molar-refractivity contribution in [3.63, 3.8) is 0 Å². The highest BCUT2D eigenvalue weighted by atomic mass is 16.1. The fraction of sp³-hybridized carbons (Fsp3) is 0. The molecule has 0 unspecified atom stereocenters. The van der Waals surface area contributed by atoms with Crippen LogP contribution in [-0.4, -0.2) is 5.91 Å². The van der Waals surface area contributed by atoms with Crippen LogP contribution in [0.4, 0.5) is 0 Å². The zero-order valence-electron chi connectivity index (χ0n) is 3.64. The van der Waals surface area contributed by atoms with Gasteiger partial charge in [0.15, 0.2) is 0 Å².